The molecule has 0 aliphatic carbocycles. The van der Waals surface area contributed by atoms with Crippen LogP contribution in [-0.2, 0) is 19.2 Å². The molecule has 5 nitrogen and oxygen atoms in total. The minimum absolute atomic E-state index is 0.0481. The molecular formula is C12H20O5. The topological polar surface area (TPSA) is 60.6 Å². The standard InChI is InChI=1S/C12H20O5/c1-7-12(16-17-12)15-9(13)14-11(5,6)8-10(2,3)4/h7H,1,8H2,2-6H3. The van der Waals surface area contributed by atoms with Gasteiger partial charge in [0.25, 0.3) is 0 Å². The highest BCUT2D eigenvalue weighted by atomic mass is 17.5. The van der Waals surface area contributed by atoms with E-state index in [0.717, 1.165) is 0 Å². The van der Waals surface area contributed by atoms with Gasteiger partial charge in [-0.1, -0.05) is 27.4 Å². The number of carbonyl (C=O) groups excluding carboxylic acids is 1. The molecule has 1 heterocycles. The Labute approximate surface area is 102 Å². The van der Waals surface area contributed by atoms with Gasteiger partial charge in [-0.25, -0.2) is 4.79 Å². The molecule has 1 fully saturated rings. The van der Waals surface area contributed by atoms with E-state index >= 15 is 0 Å². The summed E-state index contributed by atoms with van der Waals surface area (Å²) in [5, 5.41) is 0. The Morgan fingerprint density at radius 3 is 2.18 bits per heavy atom. The van der Waals surface area contributed by atoms with Gasteiger partial charge in [0.2, 0.25) is 0 Å². The lowest BCUT2D eigenvalue weighted by Gasteiger charge is -2.31. The van der Waals surface area contributed by atoms with Crippen LogP contribution in [0.2, 0.25) is 0 Å². The minimum Gasteiger partial charge on any atom is -0.428 e. The summed E-state index contributed by atoms with van der Waals surface area (Å²) in [5.74, 6) is -1.45. The van der Waals surface area contributed by atoms with Crippen molar-refractivity contribution in [2.75, 3.05) is 0 Å². The monoisotopic (exact) mass is 244 g/mol. The van der Waals surface area contributed by atoms with Crippen molar-refractivity contribution in [3.8, 4) is 0 Å². The molecule has 1 rings (SSSR count). The van der Waals surface area contributed by atoms with Crippen molar-refractivity contribution in [3.63, 3.8) is 0 Å². The summed E-state index contributed by atoms with van der Waals surface area (Å²) in [6.45, 7) is 13.3. The maximum atomic E-state index is 11.5. The van der Waals surface area contributed by atoms with E-state index in [4.69, 9.17) is 9.47 Å². The van der Waals surface area contributed by atoms with Gasteiger partial charge in [-0.3, -0.25) is 0 Å². The van der Waals surface area contributed by atoms with Crippen molar-refractivity contribution in [2.45, 2.75) is 52.6 Å². The molecule has 0 N–H and O–H groups in total. The third-order valence-electron chi connectivity index (χ3n) is 2.04. The number of rotatable bonds is 4. The molecule has 0 saturated carbocycles. The molecule has 1 aliphatic heterocycles. The van der Waals surface area contributed by atoms with Crippen LogP contribution in [0.15, 0.2) is 12.7 Å². The molecule has 0 spiro atoms. The Balaban J connectivity index is 2.47. The second-order valence-electron chi connectivity index (χ2n) is 5.93. The van der Waals surface area contributed by atoms with Gasteiger partial charge in [0.05, 0.1) is 0 Å². The Bertz CT molecular complexity index is 309. The van der Waals surface area contributed by atoms with Crippen LogP contribution in [0, 0.1) is 5.41 Å². The lowest BCUT2D eigenvalue weighted by molar-refractivity contribution is -0.0686. The zero-order valence-electron chi connectivity index (χ0n) is 11.0. The lowest BCUT2D eigenvalue weighted by Crippen LogP contribution is -2.34. The van der Waals surface area contributed by atoms with Crippen molar-refractivity contribution in [1.82, 2.24) is 0 Å². The predicted octanol–water partition coefficient (Wildman–Crippen LogP) is 3.16. The third kappa shape index (κ3) is 4.75. The normalized spacial score (nSPS) is 18.4. The van der Waals surface area contributed by atoms with E-state index in [1.165, 1.54) is 6.08 Å². The maximum Gasteiger partial charge on any atom is 0.513 e. The number of hydrogen-bond acceptors (Lipinski definition) is 5. The van der Waals surface area contributed by atoms with Gasteiger partial charge >= 0.3 is 12.1 Å². The first-order chi connectivity index (χ1) is 7.58. The summed E-state index contributed by atoms with van der Waals surface area (Å²) in [5.41, 5.74) is -0.570. The van der Waals surface area contributed by atoms with E-state index in [1.807, 2.05) is 13.8 Å². The Morgan fingerprint density at radius 2 is 1.82 bits per heavy atom. The van der Waals surface area contributed by atoms with Crippen molar-refractivity contribution in [2.24, 2.45) is 5.41 Å². The maximum absolute atomic E-state index is 11.5. The van der Waals surface area contributed by atoms with E-state index in [1.54, 1.807) is 0 Å². The third-order valence-corrected chi connectivity index (χ3v) is 2.04. The fourth-order valence-electron chi connectivity index (χ4n) is 1.86. The van der Waals surface area contributed by atoms with Gasteiger partial charge in [0.15, 0.2) is 0 Å². The van der Waals surface area contributed by atoms with Gasteiger partial charge < -0.3 is 9.47 Å². The smallest absolute Gasteiger partial charge is 0.428 e. The first kappa shape index (κ1) is 14.0. The second-order valence-corrected chi connectivity index (χ2v) is 5.93. The fourth-order valence-corrected chi connectivity index (χ4v) is 1.86. The highest BCUT2D eigenvalue weighted by molar-refractivity contribution is 5.61. The van der Waals surface area contributed by atoms with E-state index < -0.39 is 17.7 Å². The number of hydrogen-bond donors (Lipinski definition) is 0. The summed E-state index contributed by atoms with van der Waals surface area (Å²) < 4.78 is 10.0. The SMILES string of the molecule is C=CC1(OC(=O)OC(C)(C)CC(C)(C)C)OO1. The second kappa shape index (κ2) is 4.31. The van der Waals surface area contributed by atoms with Crippen LogP contribution in [0.5, 0.6) is 0 Å². The molecule has 0 bridgehead atoms. The van der Waals surface area contributed by atoms with Crippen molar-refractivity contribution in [1.29, 1.82) is 0 Å². The molecule has 98 valence electrons. The first-order valence-corrected chi connectivity index (χ1v) is 5.50. The molecule has 0 unspecified atom stereocenters. The summed E-state index contributed by atoms with van der Waals surface area (Å²) in [7, 11) is 0. The summed E-state index contributed by atoms with van der Waals surface area (Å²) in [4.78, 5) is 20.5. The molecule has 1 aliphatic rings. The summed E-state index contributed by atoms with van der Waals surface area (Å²) >= 11 is 0. The molecule has 0 radical (unpaired) electrons. The van der Waals surface area contributed by atoms with Crippen LogP contribution in [0.25, 0.3) is 0 Å². The van der Waals surface area contributed by atoms with E-state index in [9.17, 15) is 4.79 Å². The Morgan fingerprint density at radius 1 is 1.29 bits per heavy atom. The first-order valence-electron chi connectivity index (χ1n) is 5.50. The molecule has 5 heteroatoms. The lowest BCUT2D eigenvalue weighted by atomic mass is 9.84. The molecular weight excluding hydrogens is 224 g/mol. The van der Waals surface area contributed by atoms with Crippen LogP contribution in [-0.4, -0.2) is 17.7 Å². The zero-order chi connectivity index (χ0) is 13.3. The zero-order valence-corrected chi connectivity index (χ0v) is 11.0. The summed E-state index contributed by atoms with van der Waals surface area (Å²) in [6, 6.07) is 0. The molecule has 0 amide bonds. The molecule has 0 atom stereocenters. The van der Waals surface area contributed by atoms with Crippen LogP contribution in [0.1, 0.15) is 41.0 Å². The number of carbonyl (C=O) groups is 1. The molecule has 17 heavy (non-hydrogen) atoms. The van der Waals surface area contributed by atoms with Gasteiger partial charge in [-0.15, -0.1) is 9.78 Å². The van der Waals surface area contributed by atoms with Crippen LogP contribution in [0.4, 0.5) is 4.79 Å². The predicted molar refractivity (Wildman–Crippen MR) is 60.8 cm³/mol. The Hall–Kier alpha value is -1.07. The average molecular weight is 244 g/mol. The minimum atomic E-state index is -1.45. The molecule has 0 aromatic carbocycles. The molecule has 0 aromatic rings. The van der Waals surface area contributed by atoms with Crippen LogP contribution >= 0.6 is 0 Å². The highest BCUT2D eigenvalue weighted by Gasteiger charge is 2.52. The van der Waals surface area contributed by atoms with Crippen LogP contribution < -0.4 is 0 Å². The van der Waals surface area contributed by atoms with Gasteiger partial charge in [0.1, 0.15) is 5.60 Å². The quantitative estimate of drug-likeness (QED) is 0.329. The fraction of sp³-hybridized carbons (Fsp3) is 0.750. The Kier molecular flexibility index (Phi) is 3.55. The van der Waals surface area contributed by atoms with Crippen molar-refractivity contribution >= 4 is 6.16 Å². The largest absolute Gasteiger partial charge is 0.513 e. The van der Waals surface area contributed by atoms with Crippen LogP contribution in [0.3, 0.4) is 0 Å². The van der Waals surface area contributed by atoms with E-state index in [0.29, 0.717) is 6.42 Å². The molecule has 1 saturated heterocycles. The van der Waals surface area contributed by atoms with Gasteiger partial charge in [-0.05, 0) is 25.7 Å². The van der Waals surface area contributed by atoms with E-state index in [-0.39, 0.29) is 5.41 Å². The van der Waals surface area contributed by atoms with E-state index in [2.05, 4.69) is 37.1 Å². The summed E-state index contributed by atoms with van der Waals surface area (Å²) in [6.07, 6.45) is 1.11. The van der Waals surface area contributed by atoms with Gasteiger partial charge in [-0.2, -0.15) is 0 Å². The van der Waals surface area contributed by atoms with Crippen molar-refractivity contribution in [3.05, 3.63) is 12.7 Å². The average Bonchev–Trinajstić information content (AvgIpc) is 2.78. The molecule has 0 aromatic heterocycles. The number of ether oxygens (including phenoxy) is 2. The highest BCUT2D eigenvalue weighted by Crippen LogP contribution is 2.34. The van der Waals surface area contributed by atoms with Crippen molar-refractivity contribution < 1.29 is 24.0 Å². The van der Waals surface area contributed by atoms with Gasteiger partial charge in [0, 0.05) is 6.08 Å².